The van der Waals surface area contributed by atoms with Gasteiger partial charge >= 0.3 is 0 Å². The van der Waals surface area contributed by atoms with Crippen molar-refractivity contribution in [3.05, 3.63) is 68.7 Å². The first kappa shape index (κ1) is 12.6. The molecule has 0 spiro atoms. The molecule has 0 amide bonds. The van der Waals surface area contributed by atoms with Crippen LogP contribution in [0.4, 0.5) is 0 Å². The van der Waals surface area contributed by atoms with E-state index in [4.69, 9.17) is 11.6 Å². The van der Waals surface area contributed by atoms with Crippen LogP contribution in [0.25, 0.3) is 12.2 Å². The number of nitrogens with zero attached hydrogens (tertiary/aromatic N) is 2. The lowest BCUT2D eigenvalue weighted by atomic mass is 10.1. The van der Waals surface area contributed by atoms with Gasteiger partial charge in [0.1, 0.15) is 5.15 Å². The van der Waals surface area contributed by atoms with E-state index in [1.54, 1.807) is 12.4 Å². The monoisotopic (exact) mass is 332 g/mol. The fraction of sp³-hybridized carbons (Fsp3) is 0.0667. The summed E-state index contributed by atoms with van der Waals surface area (Å²) in [6.45, 7) is 0. The molecule has 0 bridgehead atoms. The maximum atomic E-state index is 5.70. The smallest absolute Gasteiger partial charge is 0.147 e. The number of allylic oxidation sites excluding steroid dienone is 2. The lowest BCUT2D eigenvalue weighted by Crippen LogP contribution is -1.84. The molecule has 2 aromatic rings. The predicted molar refractivity (Wildman–Crippen MR) is 81.9 cm³/mol. The molecule has 1 heterocycles. The van der Waals surface area contributed by atoms with Crippen LogP contribution < -0.4 is 0 Å². The highest BCUT2D eigenvalue weighted by Gasteiger charge is 2.10. The Hall–Kier alpha value is -1.45. The lowest BCUT2D eigenvalue weighted by Gasteiger charge is -1.98. The normalized spacial score (nSPS) is 13.7. The van der Waals surface area contributed by atoms with Crippen molar-refractivity contribution in [1.82, 2.24) is 9.97 Å². The van der Waals surface area contributed by atoms with E-state index in [-0.39, 0.29) is 0 Å². The standard InChI is InChI=1S/C15H10BrClN2/c16-13-3-2-11-5-10(6-12(11)7-13)1-4-14-8-19-15(17)9-18-14/h1-5,7-9H,6H2/b4-1+. The molecule has 0 unspecified atom stereocenters. The van der Waals surface area contributed by atoms with Crippen LogP contribution >= 0.6 is 27.5 Å². The molecule has 1 aliphatic rings. The molecule has 0 fully saturated rings. The Morgan fingerprint density at radius 2 is 2.05 bits per heavy atom. The van der Waals surface area contributed by atoms with Crippen molar-refractivity contribution in [3.8, 4) is 0 Å². The highest BCUT2D eigenvalue weighted by Crippen LogP contribution is 2.28. The van der Waals surface area contributed by atoms with Gasteiger partial charge in [-0.05, 0) is 41.3 Å². The van der Waals surface area contributed by atoms with Gasteiger partial charge in [0.2, 0.25) is 0 Å². The third kappa shape index (κ3) is 2.94. The maximum Gasteiger partial charge on any atom is 0.147 e. The van der Waals surface area contributed by atoms with E-state index in [0.717, 1.165) is 16.6 Å². The van der Waals surface area contributed by atoms with Gasteiger partial charge < -0.3 is 0 Å². The molecule has 19 heavy (non-hydrogen) atoms. The zero-order valence-corrected chi connectivity index (χ0v) is 12.3. The second-order valence-electron chi connectivity index (χ2n) is 4.34. The summed E-state index contributed by atoms with van der Waals surface area (Å²) in [7, 11) is 0. The Kier molecular flexibility index (Phi) is 3.49. The molecule has 0 radical (unpaired) electrons. The van der Waals surface area contributed by atoms with Crippen LogP contribution in [-0.4, -0.2) is 9.97 Å². The van der Waals surface area contributed by atoms with E-state index in [9.17, 15) is 0 Å². The average molecular weight is 334 g/mol. The number of hydrogen-bond acceptors (Lipinski definition) is 2. The van der Waals surface area contributed by atoms with Crippen molar-refractivity contribution in [2.75, 3.05) is 0 Å². The van der Waals surface area contributed by atoms with Gasteiger partial charge in [0.25, 0.3) is 0 Å². The molecule has 1 aromatic carbocycles. The number of rotatable bonds is 2. The fourth-order valence-electron chi connectivity index (χ4n) is 2.05. The minimum absolute atomic E-state index is 0.412. The van der Waals surface area contributed by atoms with E-state index in [1.165, 1.54) is 16.7 Å². The van der Waals surface area contributed by atoms with E-state index >= 15 is 0 Å². The van der Waals surface area contributed by atoms with Crippen molar-refractivity contribution >= 4 is 39.7 Å². The summed E-state index contributed by atoms with van der Waals surface area (Å²) in [4.78, 5) is 8.19. The summed E-state index contributed by atoms with van der Waals surface area (Å²) in [6.07, 6.45) is 10.4. The molecule has 0 N–H and O–H groups in total. The van der Waals surface area contributed by atoms with Crippen molar-refractivity contribution in [3.63, 3.8) is 0 Å². The molecular formula is C15H10BrClN2. The van der Waals surface area contributed by atoms with Gasteiger partial charge in [-0.15, -0.1) is 0 Å². The van der Waals surface area contributed by atoms with Crippen LogP contribution in [0, 0.1) is 0 Å². The Bertz CT molecular complexity index is 675. The van der Waals surface area contributed by atoms with E-state index in [2.05, 4.69) is 56.2 Å². The number of hydrogen-bond donors (Lipinski definition) is 0. The van der Waals surface area contributed by atoms with Crippen molar-refractivity contribution in [2.45, 2.75) is 6.42 Å². The summed E-state index contributed by atoms with van der Waals surface area (Å²) < 4.78 is 1.12. The first-order chi connectivity index (χ1) is 9.20. The molecule has 2 nitrogen and oxygen atoms in total. The molecule has 4 heteroatoms. The lowest BCUT2D eigenvalue weighted by molar-refractivity contribution is 1.18. The minimum atomic E-state index is 0.412. The summed E-state index contributed by atoms with van der Waals surface area (Å²) in [5.41, 5.74) is 4.70. The molecule has 0 atom stereocenters. The molecule has 0 saturated heterocycles. The number of halogens is 2. The molecular weight excluding hydrogens is 324 g/mol. The van der Waals surface area contributed by atoms with Crippen molar-refractivity contribution < 1.29 is 0 Å². The molecule has 0 saturated carbocycles. The van der Waals surface area contributed by atoms with Crippen LogP contribution in [0.15, 0.2) is 46.7 Å². The topological polar surface area (TPSA) is 25.8 Å². The van der Waals surface area contributed by atoms with Crippen LogP contribution in [0.3, 0.4) is 0 Å². The molecule has 1 aromatic heterocycles. The van der Waals surface area contributed by atoms with Gasteiger partial charge in [-0.1, -0.05) is 45.7 Å². The Morgan fingerprint density at radius 1 is 1.16 bits per heavy atom. The van der Waals surface area contributed by atoms with Crippen LogP contribution in [-0.2, 0) is 6.42 Å². The number of benzene rings is 1. The first-order valence-electron chi connectivity index (χ1n) is 5.85. The minimum Gasteiger partial charge on any atom is -0.252 e. The van der Waals surface area contributed by atoms with Gasteiger partial charge in [-0.2, -0.15) is 0 Å². The maximum absolute atomic E-state index is 5.70. The Labute approximate surface area is 125 Å². The largest absolute Gasteiger partial charge is 0.252 e. The second-order valence-corrected chi connectivity index (χ2v) is 5.64. The highest BCUT2D eigenvalue weighted by molar-refractivity contribution is 9.10. The van der Waals surface area contributed by atoms with Crippen molar-refractivity contribution in [2.24, 2.45) is 0 Å². The van der Waals surface area contributed by atoms with Gasteiger partial charge in [0.15, 0.2) is 0 Å². The molecule has 1 aliphatic carbocycles. The van der Waals surface area contributed by atoms with Gasteiger partial charge in [0, 0.05) is 4.47 Å². The zero-order chi connectivity index (χ0) is 13.2. The summed E-state index contributed by atoms with van der Waals surface area (Å²) in [5, 5.41) is 0.412. The summed E-state index contributed by atoms with van der Waals surface area (Å²) >= 11 is 9.20. The number of fused-ring (bicyclic) bond motifs is 1. The van der Waals surface area contributed by atoms with Crippen molar-refractivity contribution in [1.29, 1.82) is 0 Å². The fourth-order valence-corrected chi connectivity index (χ4v) is 2.55. The van der Waals surface area contributed by atoms with E-state index in [0.29, 0.717) is 5.15 Å². The summed E-state index contributed by atoms with van der Waals surface area (Å²) in [6, 6.07) is 6.35. The second kappa shape index (κ2) is 5.27. The van der Waals surface area contributed by atoms with Gasteiger partial charge in [-0.25, -0.2) is 4.98 Å². The van der Waals surface area contributed by atoms with E-state index < -0.39 is 0 Å². The van der Waals surface area contributed by atoms with Crippen LogP contribution in [0.1, 0.15) is 16.8 Å². The van der Waals surface area contributed by atoms with Gasteiger partial charge in [0.05, 0.1) is 18.1 Å². The number of aromatic nitrogens is 2. The molecule has 3 rings (SSSR count). The quantitative estimate of drug-likeness (QED) is 0.806. The first-order valence-corrected chi connectivity index (χ1v) is 7.02. The SMILES string of the molecule is Clc1cnc(/C=C/C2=Cc3ccc(Br)cc3C2)cn1. The zero-order valence-electron chi connectivity index (χ0n) is 9.98. The van der Waals surface area contributed by atoms with Crippen LogP contribution in [0.2, 0.25) is 5.15 Å². The highest BCUT2D eigenvalue weighted by atomic mass is 79.9. The Morgan fingerprint density at radius 3 is 2.84 bits per heavy atom. The molecule has 94 valence electrons. The third-order valence-electron chi connectivity index (χ3n) is 2.95. The third-order valence-corrected chi connectivity index (χ3v) is 3.64. The van der Waals surface area contributed by atoms with E-state index in [1.807, 2.05) is 6.08 Å². The van der Waals surface area contributed by atoms with Crippen LogP contribution in [0.5, 0.6) is 0 Å². The molecule has 0 aliphatic heterocycles. The van der Waals surface area contributed by atoms with Gasteiger partial charge in [-0.3, -0.25) is 4.98 Å². The average Bonchev–Trinajstić information content (AvgIpc) is 2.80. The predicted octanol–water partition coefficient (Wildman–Crippen LogP) is 4.55. The summed E-state index contributed by atoms with van der Waals surface area (Å²) in [5.74, 6) is 0. The Balaban J connectivity index is 1.78.